The minimum atomic E-state index is -3.70. The van der Waals surface area contributed by atoms with Crippen LogP contribution in [0.3, 0.4) is 0 Å². The van der Waals surface area contributed by atoms with Gasteiger partial charge in [0.25, 0.3) is 0 Å². The van der Waals surface area contributed by atoms with Gasteiger partial charge >= 0.3 is 0 Å². The second-order valence-corrected chi connectivity index (χ2v) is 6.26. The van der Waals surface area contributed by atoms with Crippen molar-refractivity contribution in [2.45, 2.75) is 25.7 Å². The van der Waals surface area contributed by atoms with E-state index in [-0.39, 0.29) is 17.3 Å². The lowest BCUT2D eigenvalue weighted by molar-refractivity contribution is 0.597. The average Bonchev–Trinajstić information content (AvgIpc) is 2.34. The van der Waals surface area contributed by atoms with E-state index in [1.165, 1.54) is 0 Å². The Morgan fingerprint density at radius 2 is 1.50 bits per heavy atom. The van der Waals surface area contributed by atoms with Crippen molar-refractivity contribution < 1.29 is 8.42 Å². The van der Waals surface area contributed by atoms with Gasteiger partial charge in [-0.2, -0.15) is 0 Å². The summed E-state index contributed by atoms with van der Waals surface area (Å²) in [6, 6.07) is 11.4. The molecule has 2 rings (SSSR count). The molecule has 0 aliphatic carbocycles. The van der Waals surface area contributed by atoms with Crippen LogP contribution in [-0.2, 0) is 10.0 Å². The van der Waals surface area contributed by atoms with Crippen LogP contribution in [0.2, 0.25) is 0 Å². The maximum absolute atomic E-state index is 11.7. The van der Waals surface area contributed by atoms with Gasteiger partial charge in [-0.25, -0.2) is 13.6 Å². The Labute approximate surface area is 126 Å². The number of benzene rings is 2. The summed E-state index contributed by atoms with van der Waals surface area (Å²) in [5.74, 6) is 0. The molecule has 0 spiro atoms. The Hall–Kier alpha value is -1.36. The van der Waals surface area contributed by atoms with E-state index in [1.54, 1.807) is 13.0 Å². The number of hydrogen-bond donors (Lipinski definition) is 1. The number of nitrogens with two attached hydrogens (primary N) is 1. The predicted molar refractivity (Wildman–Crippen MR) is 84.7 cm³/mol. The monoisotopic (exact) mass is 311 g/mol. The molecule has 0 aliphatic rings. The Morgan fingerprint density at radius 3 is 2.00 bits per heavy atom. The highest BCUT2D eigenvalue weighted by Gasteiger charge is 2.18. The van der Waals surface area contributed by atoms with Crippen LogP contribution < -0.4 is 5.14 Å². The van der Waals surface area contributed by atoms with Crippen molar-refractivity contribution in [1.82, 2.24) is 0 Å². The van der Waals surface area contributed by atoms with Crippen molar-refractivity contribution in [3.8, 4) is 11.1 Å². The van der Waals surface area contributed by atoms with Crippen LogP contribution in [0.5, 0.6) is 0 Å². The Bertz CT molecular complexity index is 725. The van der Waals surface area contributed by atoms with E-state index in [0.29, 0.717) is 5.56 Å². The van der Waals surface area contributed by atoms with E-state index >= 15 is 0 Å². The fourth-order valence-corrected chi connectivity index (χ4v) is 3.22. The third kappa shape index (κ3) is 3.03. The Balaban J connectivity index is 0.00000200. The van der Waals surface area contributed by atoms with Gasteiger partial charge in [0.05, 0.1) is 4.90 Å². The molecule has 0 amide bonds. The first-order valence-electron chi connectivity index (χ1n) is 6.01. The van der Waals surface area contributed by atoms with Gasteiger partial charge in [-0.1, -0.05) is 30.3 Å². The first-order valence-corrected chi connectivity index (χ1v) is 7.56. The molecule has 0 bridgehead atoms. The van der Waals surface area contributed by atoms with Gasteiger partial charge in [0.2, 0.25) is 10.0 Å². The van der Waals surface area contributed by atoms with Crippen LogP contribution >= 0.6 is 12.4 Å². The molecule has 0 atom stereocenters. The summed E-state index contributed by atoms with van der Waals surface area (Å²) in [4.78, 5) is 0.203. The van der Waals surface area contributed by atoms with E-state index in [9.17, 15) is 8.42 Å². The summed E-state index contributed by atoms with van der Waals surface area (Å²) in [7, 11) is -3.70. The second kappa shape index (κ2) is 5.95. The van der Waals surface area contributed by atoms with Crippen LogP contribution in [0.15, 0.2) is 41.3 Å². The van der Waals surface area contributed by atoms with Crippen LogP contribution in [0.1, 0.15) is 16.7 Å². The van der Waals surface area contributed by atoms with E-state index in [0.717, 1.165) is 22.3 Å². The summed E-state index contributed by atoms with van der Waals surface area (Å²) in [5, 5.41) is 5.30. The molecule has 0 saturated carbocycles. The summed E-state index contributed by atoms with van der Waals surface area (Å²) in [5.41, 5.74) is 4.66. The number of halogens is 1. The Kier molecular flexibility index (Phi) is 4.97. The number of sulfonamides is 1. The van der Waals surface area contributed by atoms with Gasteiger partial charge < -0.3 is 0 Å². The fraction of sp³-hybridized carbons (Fsp3) is 0.200. The molecule has 108 valence electrons. The molecule has 0 radical (unpaired) electrons. The normalized spacial score (nSPS) is 11.0. The largest absolute Gasteiger partial charge is 0.238 e. The third-order valence-electron chi connectivity index (χ3n) is 3.43. The number of aryl methyl sites for hydroxylation is 1. The van der Waals surface area contributed by atoms with Crippen LogP contribution in [0.25, 0.3) is 11.1 Å². The summed E-state index contributed by atoms with van der Waals surface area (Å²) in [6.45, 7) is 5.70. The highest BCUT2D eigenvalue weighted by molar-refractivity contribution is 7.89. The Morgan fingerprint density at radius 1 is 0.950 bits per heavy atom. The van der Waals surface area contributed by atoms with Crippen molar-refractivity contribution in [1.29, 1.82) is 0 Å². The molecule has 2 N–H and O–H groups in total. The van der Waals surface area contributed by atoms with E-state index in [1.807, 2.05) is 44.2 Å². The molecular formula is C15H18ClNO2S. The van der Waals surface area contributed by atoms with Gasteiger partial charge in [-0.3, -0.25) is 0 Å². The topological polar surface area (TPSA) is 60.2 Å². The number of rotatable bonds is 2. The molecule has 2 aromatic rings. The zero-order chi connectivity index (χ0) is 14.2. The van der Waals surface area contributed by atoms with Crippen molar-refractivity contribution >= 4 is 22.4 Å². The summed E-state index contributed by atoms with van der Waals surface area (Å²) < 4.78 is 23.4. The molecule has 0 aromatic heterocycles. The predicted octanol–water partition coefficient (Wildman–Crippen LogP) is 3.35. The molecule has 2 aromatic carbocycles. The zero-order valence-electron chi connectivity index (χ0n) is 11.7. The zero-order valence-corrected chi connectivity index (χ0v) is 13.3. The lowest BCUT2D eigenvalue weighted by atomic mass is 9.93. The molecule has 0 fully saturated rings. The molecule has 3 nitrogen and oxygen atoms in total. The van der Waals surface area contributed by atoms with E-state index in [4.69, 9.17) is 5.14 Å². The van der Waals surface area contributed by atoms with Gasteiger partial charge in [-0.05, 0) is 54.7 Å². The molecule has 0 heterocycles. The summed E-state index contributed by atoms with van der Waals surface area (Å²) in [6.07, 6.45) is 0. The maximum Gasteiger partial charge on any atom is 0.238 e. The first-order chi connectivity index (χ1) is 8.82. The van der Waals surface area contributed by atoms with Crippen molar-refractivity contribution in [3.05, 3.63) is 53.1 Å². The van der Waals surface area contributed by atoms with Crippen LogP contribution in [0.4, 0.5) is 0 Å². The van der Waals surface area contributed by atoms with Gasteiger partial charge in [0, 0.05) is 0 Å². The average molecular weight is 312 g/mol. The van der Waals surface area contributed by atoms with Gasteiger partial charge in [0.15, 0.2) is 0 Å². The first kappa shape index (κ1) is 16.7. The lowest BCUT2D eigenvalue weighted by Crippen LogP contribution is -2.15. The maximum atomic E-state index is 11.7. The molecular weight excluding hydrogens is 294 g/mol. The smallest absolute Gasteiger partial charge is 0.225 e. The summed E-state index contributed by atoms with van der Waals surface area (Å²) >= 11 is 0. The molecule has 0 aliphatic heterocycles. The van der Waals surface area contributed by atoms with E-state index in [2.05, 4.69) is 0 Å². The molecule has 0 saturated heterocycles. The minimum Gasteiger partial charge on any atom is -0.225 e. The van der Waals surface area contributed by atoms with Crippen molar-refractivity contribution in [2.75, 3.05) is 0 Å². The lowest BCUT2D eigenvalue weighted by Gasteiger charge is -2.16. The number of hydrogen-bond acceptors (Lipinski definition) is 2. The number of primary sulfonamides is 1. The second-order valence-electron chi connectivity index (χ2n) is 4.73. The van der Waals surface area contributed by atoms with Crippen molar-refractivity contribution in [2.24, 2.45) is 5.14 Å². The fourth-order valence-electron chi connectivity index (χ4n) is 2.35. The molecule has 0 unspecified atom stereocenters. The molecule has 5 heteroatoms. The SMILES string of the molecule is Cc1cc(S(N)(=O)=O)c(C)c(-c2ccccc2)c1C.Cl. The highest BCUT2D eigenvalue weighted by Crippen LogP contribution is 2.33. The molecule has 20 heavy (non-hydrogen) atoms. The quantitative estimate of drug-likeness (QED) is 0.924. The van der Waals surface area contributed by atoms with Crippen molar-refractivity contribution in [3.63, 3.8) is 0 Å². The van der Waals surface area contributed by atoms with Gasteiger partial charge in [0.1, 0.15) is 0 Å². The third-order valence-corrected chi connectivity index (χ3v) is 4.46. The van der Waals surface area contributed by atoms with E-state index < -0.39 is 10.0 Å². The highest BCUT2D eigenvalue weighted by atomic mass is 35.5. The minimum absolute atomic E-state index is 0. The van der Waals surface area contributed by atoms with Gasteiger partial charge in [-0.15, -0.1) is 12.4 Å². The van der Waals surface area contributed by atoms with Crippen LogP contribution in [0, 0.1) is 20.8 Å². The van der Waals surface area contributed by atoms with Crippen LogP contribution in [-0.4, -0.2) is 8.42 Å². The standard InChI is InChI=1S/C15H17NO2S.ClH/c1-10-9-14(19(16,17)18)12(3)15(11(10)2)13-7-5-4-6-8-13;/h4-9H,1-3H3,(H2,16,17,18);1H.